The minimum absolute atomic E-state index is 0.219. The highest BCUT2D eigenvalue weighted by atomic mass is 32.2. The minimum Gasteiger partial charge on any atom is -0.493 e. The third-order valence-corrected chi connectivity index (χ3v) is 5.47. The van der Waals surface area contributed by atoms with E-state index in [2.05, 4.69) is 0 Å². The Hall–Kier alpha value is -1.36. The van der Waals surface area contributed by atoms with Gasteiger partial charge in [0.1, 0.15) is 0 Å². The van der Waals surface area contributed by atoms with E-state index in [0.717, 1.165) is 42.4 Å². The van der Waals surface area contributed by atoms with E-state index in [1.54, 1.807) is 14.2 Å². The summed E-state index contributed by atoms with van der Waals surface area (Å²) in [5.74, 6) is 4.14. The van der Waals surface area contributed by atoms with Crippen LogP contribution in [0.3, 0.4) is 0 Å². The van der Waals surface area contributed by atoms with Gasteiger partial charge >= 0.3 is 0 Å². The summed E-state index contributed by atoms with van der Waals surface area (Å²) < 4.78 is 10.7. The second-order valence-corrected chi connectivity index (χ2v) is 6.70. The average molecular weight is 307 g/mol. The lowest BCUT2D eigenvalue weighted by Crippen LogP contribution is -2.39. The van der Waals surface area contributed by atoms with Crippen molar-refractivity contribution >= 4 is 17.7 Å². The molecule has 0 N–H and O–H groups in total. The number of nitrogens with zero attached hydrogens (tertiary/aromatic N) is 1. The number of benzene rings is 1. The van der Waals surface area contributed by atoms with Crippen LogP contribution in [0.1, 0.15) is 17.5 Å². The van der Waals surface area contributed by atoms with Crippen molar-refractivity contribution in [2.45, 2.75) is 19.4 Å². The van der Waals surface area contributed by atoms with Gasteiger partial charge in [0, 0.05) is 24.8 Å². The van der Waals surface area contributed by atoms with E-state index in [1.807, 2.05) is 28.8 Å². The molecule has 21 heavy (non-hydrogen) atoms. The zero-order valence-corrected chi connectivity index (χ0v) is 13.4. The number of methoxy groups -OCH3 is 2. The summed E-state index contributed by atoms with van der Waals surface area (Å²) in [7, 11) is 3.30. The zero-order valence-electron chi connectivity index (χ0n) is 12.6. The molecule has 1 aromatic rings. The van der Waals surface area contributed by atoms with Gasteiger partial charge < -0.3 is 14.4 Å². The Kier molecular flexibility index (Phi) is 4.29. The monoisotopic (exact) mass is 307 g/mol. The van der Waals surface area contributed by atoms with Crippen molar-refractivity contribution in [3.63, 3.8) is 0 Å². The largest absolute Gasteiger partial charge is 0.493 e. The molecule has 2 aliphatic rings. The molecule has 0 bridgehead atoms. The number of rotatable bonds is 3. The van der Waals surface area contributed by atoms with Gasteiger partial charge in [-0.3, -0.25) is 4.79 Å². The number of amides is 1. The maximum atomic E-state index is 12.5. The van der Waals surface area contributed by atoms with Crippen molar-refractivity contribution in [1.29, 1.82) is 0 Å². The molecule has 2 aliphatic heterocycles. The number of ether oxygens (including phenoxy) is 2. The minimum atomic E-state index is 0.219. The molecule has 114 valence electrons. The molecule has 1 fully saturated rings. The average Bonchev–Trinajstić information content (AvgIpc) is 3.06. The van der Waals surface area contributed by atoms with E-state index in [4.69, 9.17) is 9.47 Å². The molecule has 0 saturated carbocycles. The fourth-order valence-electron chi connectivity index (χ4n) is 3.06. The van der Waals surface area contributed by atoms with Crippen LogP contribution in [0, 0.1) is 5.92 Å². The highest BCUT2D eigenvalue weighted by Crippen LogP contribution is 2.34. The van der Waals surface area contributed by atoms with Crippen molar-refractivity contribution in [1.82, 2.24) is 4.90 Å². The smallest absolute Gasteiger partial charge is 0.226 e. The van der Waals surface area contributed by atoms with Gasteiger partial charge in [0.25, 0.3) is 0 Å². The van der Waals surface area contributed by atoms with E-state index in [-0.39, 0.29) is 5.92 Å². The summed E-state index contributed by atoms with van der Waals surface area (Å²) in [4.78, 5) is 14.5. The Morgan fingerprint density at radius 1 is 1.24 bits per heavy atom. The first kappa shape index (κ1) is 14.6. The number of fused-ring (bicyclic) bond motifs is 1. The molecule has 1 atom stereocenters. The van der Waals surface area contributed by atoms with Crippen LogP contribution >= 0.6 is 11.8 Å². The van der Waals surface area contributed by atoms with Crippen molar-refractivity contribution < 1.29 is 14.3 Å². The third-order valence-electron chi connectivity index (χ3n) is 4.31. The van der Waals surface area contributed by atoms with Gasteiger partial charge in [-0.25, -0.2) is 0 Å². The number of thioether (sulfide) groups is 1. The Labute approximate surface area is 129 Å². The van der Waals surface area contributed by atoms with E-state index < -0.39 is 0 Å². The standard InChI is InChI=1S/C16H21NO3S/c1-19-14-7-11-3-5-17(9-13(11)8-15(14)20-2)16(18)12-4-6-21-10-12/h7-8,12H,3-6,9-10H2,1-2H3. The summed E-state index contributed by atoms with van der Waals surface area (Å²) in [5.41, 5.74) is 2.44. The van der Waals surface area contributed by atoms with Crippen molar-refractivity contribution in [3.05, 3.63) is 23.3 Å². The Balaban J connectivity index is 1.79. The van der Waals surface area contributed by atoms with E-state index >= 15 is 0 Å². The third kappa shape index (κ3) is 2.84. The molecule has 0 aromatic heterocycles. The van der Waals surface area contributed by atoms with Crippen molar-refractivity contribution in [2.24, 2.45) is 5.92 Å². The SMILES string of the molecule is COc1cc2c(cc1OC)CN(C(=O)C1CCSC1)CC2. The first-order valence-electron chi connectivity index (χ1n) is 7.33. The number of carbonyl (C=O) groups is 1. The molecule has 1 aromatic carbocycles. The predicted octanol–water partition coefficient (Wildman–Crippen LogP) is 2.34. The normalized spacial score (nSPS) is 21.0. The van der Waals surface area contributed by atoms with Crippen LogP contribution < -0.4 is 9.47 Å². The van der Waals surface area contributed by atoms with E-state index in [1.165, 1.54) is 11.1 Å². The predicted molar refractivity (Wildman–Crippen MR) is 84.1 cm³/mol. The van der Waals surface area contributed by atoms with E-state index in [9.17, 15) is 4.79 Å². The highest BCUT2D eigenvalue weighted by Gasteiger charge is 2.30. The molecular weight excluding hydrogens is 286 g/mol. The maximum Gasteiger partial charge on any atom is 0.226 e. The zero-order chi connectivity index (χ0) is 14.8. The first-order valence-corrected chi connectivity index (χ1v) is 8.48. The first-order chi connectivity index (χ1) is 10.2. The van der Waals surface area contributed by atoms with Crippen molar-refractivity contribution in [2.75, 3.05) is 32.3 Å². The molecule has 1 saturated heterocycles. The molecule has 4 nitrogen and oxygen atoms in total. The topological polar surface area (TPSA) is 38.8 Å². The molecule has 1 unspecified atom stereocenters. The second kappa shape index (κ2) is 6.18. The van der Waals surface area contributed by atoms with Crippen LogP contribution in [0.15, 0.2) is 12.1 Å². The fourth-order valence-corrected chi connectivity index (χ4v) is 4.27. The van der Waals surface area contributed by atoms with Crippen LogP contribution in [-0.2, 0) is 17.8 Å². The lowest BCUT2D eigenvalue weighted by Gasteiger charge is -2.31. The van der Waals surface area contributed by atoms with Crippen LogP contribution in [0.2, 0.25) is 0 Å². The molecule has 2 heterocycles. The lowest BCUT2D eigenvalue weighted by molar-refractivity contribution is -0.135. The molecular formula is C16H21NO3S. The lowest BCUT2D eigenvalue weighted by atomic mass is 9.97. The Morgan fingerprint density at radius 3 is 2.57 bits per heavy atom. The fraction of sp³-hybridized carbons (Fsp3) is 0.562. The van der Waals surface area contributed by atoms with Gasteiger partial charge in [-0.2, -0.15) is 11.8 Å². The molecule has 0 spiro atoms. The summed E-state index contributed by atoms with van der Waals surface area (Å²) in [5, 5.41) is 0. The molecule has 5 heteroatoms. The summed E-state index contributed by atoms with van der Waals surface area (Å²) >= 11 is 1.89. The quantitative estimate of drug-likeness (QED) is 0.859. The second-order valence-electron chi connectivity index (χ2n) is 5.55. The number of carbonyl (C=O) groups excluding carboxylic acids is 1. The Bertz CT molecular complexity index is 541. The van der Waals surface area contributed by atoms with Gasteiger partial charge in [-0.1, -0.05) is 0 Å². The summed E-state index contributed by atoms with van der Waals surface area (Å²) in [6.07, 6.45) is 1.92. The number of hydrogen-bond donors (Lipinski definition) is 0. The highest BCUT2D eigenvalue weighted by molar-refractivity contribution is 7.99. The molecule has 1 amide bonds. The van der Waals surface area contributed by atoms with Gasteiger partial charge in [0.05, 0.1) is 14.2 Å². The number of hydrogen-bond acceptors (Lipinski definition) is 4. The van der Waals surface area contributed by atoms with Gasteiger partial charge in [-0.15, -0.1) is 0 Å². The van der Waals surface area contributed by atoms with Crippen LogP contribution in [0.5, 0.6) is 11.5 Å². The molecule has 3 rings (SSSR count). The summed E-state index contributed by atoms with van der Waals surface area (Å²) in [6.45, 7) is 1.50. The Morgan fingerprint density at radius 2 is 1.95 bits per heavy atom. The van der Waals surface area contributed by atoms with Crippen LogP contribution in [0.25, 0.3) is 0 Å². The van der Waals surface area contributed by atoms with Gasteiger partial charge in [0.2, 0.25) is 5.91 Å². The van der Waals surface area contributed by atoms with E-state index in [0.29, 0.717) is 12.5 Å². The van der Waals surface area contributed by atoms with Crippen molar-refractivity contribution in [3.8, 4) is 11.5 Å². The molecule has 0 aliphatic carbocycles. The summed E-state index contributed by atoms with van der Waals surface area (Å²) in [6, 6.07) is 4.05. The maximum absolute atomic E-state index is 12.5. The van der Waals surface area contributed by atoms with Crippen LogP contribution in [-0.4, -0.2) is 43.1 Å². The van der Waals surface area contributed by atoms with Gasteiger partial charge in [0.15, 0.2) is 11.5 Å². The van der Waals surface area contributed by atoms with Crippen LogP contribution in [0.4, 0.5) is 0 Å². The van der Waals surface area contributed by atoms with Gasteiger partial charge in [-0.05, 0) is 41.9 Å². The molecule has 0 radical (unpaired) electrons.